The Morgan fingerprint density at radius 3 is 2.54 bits per heavy atom. The van der Waals surface area contributed by atoms with Crippen molar-refractivity contribution in [3.05, 3.63) is 137 Å². The van der Waals surface area contributed by atoms with Crippen molar-refractivity contribution in [1.29, 1.82) is 0 Å². The number of hydrogen-bond acceptors (Lipinski definition) is 7. The average Bonchev–Trinajstić information content (AvgIpc) is 3.78. The van der Waals surface area contributed by atoms with Crippen molar-refractivity contribution in [1.82, 2.24) is 24.8 Å². The first kappa shape index (κ1) is 26.0. The second-order valence-corrected chi connectivity index (χ2v) is 10.2. The van der Waals surface area contributed by atoms with E-state index in [-0.39, 0.29) is 18.1 Å². The molecular formula is C32H25N5O3S. The molecule has 3 aromatic carbocycles. The molecule has 0 unspecified atom stereocenters. The van der Waals surface area contributed by atoms with Crippen LogP contribution in [0.1, 0.15) is 26.5 Å². The van der Waals surface area contributed by atoms with E-state index in [1.54, 1.807) is 45.9 Å². The lowest BCUT2D eigenvalue weighted by Crippen LogP contribution is -2.09. The number of ether oxygens (including phenoxy) is 1. The number of ketones is 1. The topological polar surface area (TPSA) is 95.1 Å². The van der Waals surface area contributed by atoms with E-state index in [1.807, 2.05) is 78.3 Å². The summed E-state index contributed by atoms with van der Waals surface area (Å²) in [5.41, 5.74) is 4.53. The van der Waals surface area contributed by atoms with Crippen molar-refractivity contribution < 1.29 is 14.6 Å². The summed E-state index contributed by atoms with van der Waals surface area (Å²) >= 11 is 1.39. The van der Waals surface area contributed by atoms with Gasteiger partial charge >= 0.3 is 0 Å². The Morgan fingerprint density at radius 2 is 1.78 bits per heavy atom. The van der Waals surface area contributed by atoms with Gasteiger partial charge in [-0.05, 0) is 53.4 Å². The molecule has 0 aliphatic rings. The highest BCUT2D eigenvalue weighted by Crippen LogP contribution is 2.35. The van der Waals surface area contributed by atoms with Crippen molar-refractivity contribution in [2.45, 2.75) is 13.2 Å². The summed E-state index contributed by atoms with van der Waals surface area (Å²) in [6, 6.07) is 28.4. The number of hydrogen-bond donors (Lipinski definition) is 1. The second kappa shape index (κ2) is 11.8. The summed E-state index contributed by atoms with van der Waals surface area (Å²) < 4.78 is 9.50. The average molecular weight is 560 g/mol. The molecule has 41 heavy (non-hydrogen) atoms. The molecule has 0 spiro atoms. The van der Waals surface area contributed by atoms with Gasteiger partial charge in [0.15, 0.2) is 5.78 Å². The molecule has 6 rings (SSSR count). The van der Waals surface area contributed by atoms with Gasteiger partial charge in [0.05, 0.1) is 29.0 Å². The number of carbonyl (C=O) groups is 1. The minimum absolute atomic E-state index is 0.0102. The number of rotatable bonds is 10. The van der Waals surface area contributed by atoms with Crippen molar-refractivity contribution in [2.75, 3.05) is 0 Å². The number of nitrogens with zero attached hydrogens (tertiary/aromatic N) is 5. The monoisotopic (exact) mass is 559 g/mol. The summed E-state index contributed by atoms with van der Waals surface area (Å²) in [7, 11) is 0. The first-order valence-corrected chi connectivity index (χ1v) is 13.8. The predicted molar refractivity (Wildman–Crippen MR) is 158 cm³/mol. The first-order valence-electron chi connectivity index (χ1n) is 12.9. The van der Waals surface area contributed by atoms with Crippen LogP contribution in [0.2, 0.25) is 0 Å². The van der Waals surface area contributed by atoms with E-state index in [0.29, 0.717) is 34.0 Å². The number of phenols is 1. The van der Waals surface area contributed by atoms with E-state index in [1.165, 1.54) is 17.4 Å². The van der Waals surface area contributed by atoms with E-state index >= 15 is 0 Å². The van der Waals surface area contributed by atoms with E-state index in [4.69, 9.17) is 9.84 Å². The van der Waals surface area contributed by atoms with Gasteiger partial charge in [-0.2, -0.15) is 5.10 Å². The summed E-state index contributed by atoms with van der Waals surface area (Å²) in [4.78, 5) is 13.3. The Morgan fingerprint density at radius 1 is 0.976 bits per heavy atom. The number of aromatic nitrogens is 5. The van der Waals surface area contributed by atoms with E-state index in [9.17, 15) is 9.90 Å². The largest absolute Gasteiger partial charge is 0.507 e. The molecule has 0 fully saturated rings. The number of allylic oxidation sites excluding steroid dienone is 1. The molecule has 9 heteroatoms. The zero-order valence-electron chi connectivity index (χ0n) is 21.9. The first-order chi connectivity index (χ1) is 20.1. The van der Waals surface area contributed by atoms with Gasteiger partial charge in [-0.25, -0.2) is 9.36 Å². The fourth-order valence-corrected chi connectivity index (χ4v) is 4.98. The molecule has 0 saturated heterocycles. The summed E-state index contributed by atoms with van der Waals surface area (Å²) in [6.07, 6.45) is 6.77. The van der Waals surface area contributed by atoms with Crippen molar-refractivity contribution in [2.24, 2.45) is 0 Å². The Kier molecular flexibility index (Phi) is 7.51. The van der Waals surface area contributed by atoms with Gasteiger partial charge in [-0.3, -0.25) is 4.79 Å². The minimum Gasteiger partial charge on any atom is -0.507 e. The lowest BCUT2D eigenvalue weighted by Gasteiger charge is -2.10. The van der Waals surface area contributed by atoms with Crippen LogP contribution in [0.5, 0.6) is 11.5 Å². The number of aromatic hydroxyl groups is 1. The normalized spacial score (nSPS) is 11.2. The molecule has 0 aliphatic carbocycles. The molecular weight excluding hydrogens is 534 g/mol. The van der Waals surface area contributed by atoms with Gasteiger partial charge in [0.25, 0.3) is 0 Å². The van der Waals surface area contributed by atoms with Crippen LogP contribution in [0.15, 0.2) is 115 Å². The third kappa shape index (κ3) is 6.00. The summed E-state index contributed by atoms with van der Waals surface area (Å²) in [5.74, 6) is 0.412. The quantitative estimate of drug-likeness (QED) is 0.154. The predicted octanol–water partition coefficient (Wildman–Crippen LogP) is 6.42. The molecule has 1 N–H and O–H groups in total. The molecule has 8 nitrogen and oxygen atoms in total. The van der Waals surface area contributed by atoms with Crippen molar-refractivity contribution in [3.8, 4) is 28.4 Å². The van der Waals surface area contributed by atoms with Gasteiger partial charge in [-0.15, -0.1) is 16.4 Å². The molecule has 0 radical (unpaired) electrons. The number of para-hydroxylation sites is 1. The second-order valence-electron chi connectivity index (χ2n) is 9.22. The molecule has 0 saturated carbocycles. The Bertz CT molecular complexity index is 1790. The molecule has 3 aromatic heterocycles. The summed E-state index contributed by atoms with van der Waals surface area (Å²) in [5, 5.41) is 25.9. The smallest absolute Gasteiger partial charge is 0.195 e. The zero-order chi connectivity index (χ0) is 28.0. The maximum Gasteiger partial charge on any atom is 0.195 e. The van der Waals surface area contributed by atoms with Crippen molar-refractivity contribution >= 4 is 23.2 Å². The highest BCUT2D eigenvalue weighted by Gasteiger charge is 2.16. The van der Waals surface area contributed by atoms with Crippen LogP contribution in [0.25, 0.3) is 23.0 Å². The summed E-state index contributed by atoms with van der Waals surface area (Å²) in [6.45, 7) is 0.819. The molecule has 0 bridgehead atoms. The fraction of sp³-hybridized carbons (Fsp3) is 0.0625. The lowest BCUT2D eigenvalue weighted by molar-refractivity contribution is 0.105. The fourth-order valence-electron chi connectivity index (χ4n) is 4.34. The van der Waals surface area contributed by atoms with E-state index in [2.05, 4.69) is 10.3 Å². The molecule has 0 aliphatic heterocycles. The molecule has 0 amide bonds. The minimum atomic E-state index is -0.0904. The zero-order valence-corrected chi connectivity index (χ0v) is 22.7. The van der Waals surface area contributed by atoms with Crippen LogP contribution in [0, 0.1) is 0 Å². The van der Waals surface area contributed by atoms with Gasteiger partial charge in [0, 0.05) is 23.4 Å². The Balaban J connectivity index is 1.24. The van der Waals surface area contributed by atoms with Gasteiger partial charge in [-0.1, -0.05) is 59.8 Å². The van der Waals surface area contributed by atoms with Crippen LogP contribution in [0.4, 0.5) is 0 Å². The van der Waals surface area contributed by atoms with Crippen LogP contribution in [-0.4, -0.2) is 35.7 Å². The van der Waals surface area contributed by atoms with Gasteiger partial charge in [0.2, 0.25) is 0 Å². The Labute approximate surface area is 240 Å². The number of benzene rings is 3. The number of carbonyl (C=O) groups excluding carboxylic acids is 1. The lowest BCUT2D eigenvalue weighted by atomic mass is 10.1. The highest BCUT2D eigenvalue weighted by atomic mass is 32.1. The van der Waals surface area contributed by atoms with E-state index in [0.717, 1.165) is 16.9 Å². The van der Waals surface area contributed by atoms with Crippen LogP contribution in [0.3, 0.4) is 0 Å². The molecule has 3 heterocycles. The Hall–Kier alpha value is -5.28. The van der Waals surface area contributed by atoms with Crippen LogP contribution >= 0.6 is 11.3 Å². The third-order valence-electron chi connectivity index (χ3n) is 6.43. The van der Waals surface area contributed by atoms with Gasteiger partial charge in [0.1, 0.15) is 23.8 Å². The standard InChI is InChI=1S/C32H25N5O3S/c38-29(31-12-7-17-41-31)16-13-24-21-36(25-10-5-2-6-11-25)34-32(24)28-15-14-27(18-30(28)39)40-22-26-19-33-35-37(26)20-23-8-3-1-4-9-23/h1-19,21,39H,20,22H2. The number of phenolic OH excluding ortho intramolecular Hbond substituents is 1. The van der Waals surface area contributed by atoms with E-state index < -0.39 is 0 Å². The molecule has 6 aromatic rings. The highest BCUT2D eigenvalue weighted by molar-refractivity contribution is 7.12. The molecule has 202 valence electrons. The number of thiophene rings is 1. The van der Waals surface area contributed by atoms with Gasteiger partial charge < -0.3 is 9.84 Å². The SMILES string of the molecule is O=C(C=Cc1cn(-c2ccccc2)nc1-c1ccc(OCc2cnnn2Cc2ccccc2)cc1O)c1cccs1. The maximum atomic E-state index is 12.6. The maximum absolute atomic E-state index is 12.6. The molecule has 0 atom stereocenters. The van der Waals surface area contributed by atoms with Crippen LogP contribution < -0.4 is 4.74 Å². The van der Waals surface area contributed by atoms with Crippen LogP contribution in [-0.2, 0) is 13.2 Å². The third-order valence-corrected chi connectivity index (χ3v) is 7.31. The van der Waals surface area contributed by atoms with Crippen molar-refractivity contribution in [3.63, 3.8) is 0 Å².